The molecule has 2 atom stereocenters. The van der Waals surface area contributed by atoms with Gasteiger partial charge in [-0.3, -0.25) is 9.59 Å². The van der Waals surface area contributed by atoms with Gasteiger partial charge >= 0.3 is 0 Å². The molecular formula is C17H24N2O3. The summed E-state index contributed by atoms with van der Waals surface area (Å²) < 4.78 is 5.48. The molecule has 5 heteroatoms. The van der Waals surface area contributed by atoms with E-state index in [9.17, 15) is 9.59 Å². The molecule has 22 heavy (non-hydrogen) atoms. The monoisotopic (exact) mass is 304 g/mol. The third-order valence-electron chi connectivity index (χ3n) is 3.99. The van der Waals surface area contributed by atoms with Gasteiger partial charge in [0.25, 0.3) is 0 Å². The Morgan fingerprint density at radius 2 is 2.23 bits per heavy atom. The second-order valence-electron chi connectivity index (χ2n) is 5.57. The van der Waals surface area contributed by atoms with Gasteiger partial charge in [0.2, 0.25) is 11.8 Å². The highest BCUT2D eigenvalue weighted by molar-refractivity contribution is 5.89. The Balaban J connectivity index is 1.97. The maximum Gasteiger partial charge on any atom is 0.225 e. The number of hydrogen-bond acceptors (Lipinski definition) is 3. The van der Waals surface area contributed by atoms with Gasteiger partial charge in [0.15, 0.2) is 0 Å². The highest BCUT2D eigenvalue weighted by Crippen LogP contribution is 2.22. The van der Waals surface area contributed by atoms with Crippen molar-refractivity contribution in [1.29, 1.82) is 0 Å². The molecule has 2 rings (SSSR count). The lowest BCUT2D eigenvalue weighted by molar-refractivity contribution is -0.129. The maximum absolute atomic E-state index is 12.3. The van der Waals surface area contributed by atoms with Crippen LogP contribution < -0.4 is 10.1 Å². The molecule has 1 aromatic rings. The minimum Gasteiger partial charge on any atom is -0.494 e. The molecule has 0 bridgehead atoms. The van der Waals surface area contributed by atoms with Gasteiger partial charge in [0, 0.05) is 19.5 Å². The van der Waals surface area contributed by atoms with E-state index in [4.69, 9.17) is 4.74 Å². The first-order valence-corrected chi connectivity index (χ1v) is 7.86. The Morgan fingerprint density at radius 1 is 1.45 bits per heavy atom. The van der Waals surface area contributed by atoms with Crippen LogP contribution in [0.2, 0.25) is 0 Å². The van der Waals surface area contributed by atoms with Crippen LogP contribution in [0.25, 0.3) is 0 Å². The molecule has 0 radical (unpaired) electrons. The third-order valence-corrected chi connectivity index (χ3v) is 3.99. The summed E-state index contributed by atoms with van der Waals surface area (Å²) in [7, 11) is 0. The van der Waals surface area contributed by atoms with Gasteiger partial charge in [0.1, 0.15) is 5.75 Å². The Hall–Kier alpha value is -2.04. The molecule has 0 saturated carbocycles. The van der Waals surface area contributed by atoms with Crippen LogP contribution in [0.15, 0.2) is 24.3 Å². The van der Waals surface area contributed by atoms with Crippen LogP contribution in [0.1, 0.15) is 38.8 Å². The number of nitrogens with one attached hydrogen (secondary N) is 1. The van der Waals surface area contributed by atoms with Crippen molar-refractivity contribution in [2.24, 2.45) is 5.92 Å². The second-order valence-corrected chi connectivity index (χ2v) is 5.57. The molecule has 2 amide bonds. The third kappa shape index (κ3) is 3.78. The van der Waals surface area contributed by atoms with Crippen molar-refractivity contribution in [2.45, 2.75) is 33.2 Å². The first-order valence-electron chi connectivity index (χ1n) is 7.86. The molecule has 1 saturated heterocycles. The number of amides is 2. The summed E-state index contributed by atoms with van der Waals surface area (Å²) >= 11 is 0. The number of carbonyl (C=O) groups is 2. The predicted molar refractivity (Wildman–Crippen MR) is 84.5 cm³/mol. The minimum atomic E-state index is -0.245. The number of hydrogen-bond donors (Lipinski definition) is 1. The summed E-state index contributed by atoms with van der Waals surface area (Å²) in [5.41, 5.74) is 0.996. The molecule has 1 aliphatic rings. The Bertz CT molecular complexity index is 544. The molecule has 1 N–H and O–H groups in total. The summed E-state index contributed by atoms with van der Waals surface area (Å²) in [6, 6.07) is 7.61. The van der Waals surface area contributed by atoms with Gasteiger partial charge in [-0.1, -0.05) is 12.1 Å². The number of ether oxygens (including phenoxy) is 1. The molecule has 120 valence electrons. The lowest BCUT2D eigenvalue weighted by atomic mass is 10.0. The van der Waals surface area contributed by atoms with Crippen molar-refractivity contribution in [3.05, 3.63) is 29.8 Å². The summed E-state index contributed by atoms with van der Waals surface area (Å²) in [6.45, 7) is 7.61. The quantitative estimate of drug-likeness (QED) is 0.876. The Morgan fingerprint density at radius 3 is 2.86 bits per heavy atom. The molecule has 0 spiro atoms. The standard InChI is InChI=1S/C17H24N2O3/c1-4-19-11-14(10-16(19)20)17(21)18-12(3)13-7-6-8-15(9-13)22-5-2/h6-9,12,14H,4-5,10-11H2,1-3H3,(H,18,21)/t12-,14-/m0/s1. The molecular weight excluding hydrogens is 280 g/mol. The van der Waals surface area contributed by atoms with Crippen molar-refractivity contribution in [3.63, 3.8) is 0 Å². The average molecular weight is 304 g/mol. The number of rotatable bonds is 6. The topological polar surface area (TPSA) is 58.6 Å². The maximum atomic E-state index is 12.3. The molecule has 0 aromatic heterocycles. The lowest BCUT2D eigenvalue weighted by Crippen LogP contribution is -2.34. The van der Waals surface area contributed by atoms with Crippen molar-refractivity contribution in [1.82, 2.24) is 10.2 Å². The SMILES string of the molecule is CCOc1cccc([C@H](C)NC(=O)[C@H]2CC(=O)N(CC)C2)c1. The fourth-order valence-corrected chi connectivity index (χ4v) is 2.71. The fraction of sp³-hybridized carbons (Fsp3) is 0.529. The smallest absolute Gasteiger partial charge is 0.225 e. The normalized spacial score (nSPS) is 19.1. The zero-order valence-corrected chi connectivity index (χ0v) is 13.5. The molecule has 0 unspecified atom stereocenters. The van der Waals surface area contributed by atoms with E-state index in [1.165, 1.54) is 0 Å². The summed E-state index contributed by atoms with van der Waals surface area (Å²) in [4.78, 5) is 25.8. The number of likely N-dealkylation sites (tertiary alicyclic amines) is 1. The van der Waals surface area contributed by atoms with Crippen LogP contribution in [0.5, 0.6) is 5.75 Å². The van der Waals surface area contributed by atoms with E-state index in [0.717, 1.165) is 11.3 Å². The number of carbonyl (C=O) groups excluding carboxylic acids is 2. The molecule has 0 aliphatic carbocycles. The lowest BCUT2D eigenvalue weighted by Gasteiger charge is -2.18. The summed E-state index contributed by atoms with van der Waals surface area (Å²) in [6.07, 6.45) is 0.311. The van der Waals surface area contributed by atoms with Gasteiger partial charge < -0.3 is 15.0 Å². The first kappa shape index (κ1) is 16.3. The molecule has 1 aromatic carbocycles. The van der Waals surface area contributed by atoms with Gasteiger partial charge in [-0.15, -0.1) is 0 Å². The van der Waals surface area contributed by atoms with E-state index in [2.05, 4.69) is 5.32 Å². The van der Waals surface area contributed by atoms with E-state index in [0.29, 0.717) is 26.1 Å². The van der Waals surface area contributed by atoms with Gasteiger partial charge in [-0.2, -0.15) is 0 Å². The minimum absolute atomic E-state index is 0.0568. The van der Waals surface area contributed by atoms with Crippen LogP contribution in [0, 0.1) is 5.92 Å². The molecule has 1 aliphatic heterocycles. The molecule has 1 heterocycles. The zero-order valence-electron chi connectivity index (χ0n) is 13.5. The van der Waals surface area contributed by atoms with Crippen LogP contribution in [-0.2, 0) is 9.59 Å². The van der Waals surface area contributed by atoms with Crippen LogP contribution in [-0.4, -0.2) is 36.4 Å². The average Bonchev–Trinajstić information content (AvgIpc) is 2.89. The van der Waals surface area contributed by atoms with E-state index < -0.39 is 0 Å². The Labute approximate surface area is 131 Å². The van der Waals surface area contributed by atoms with E-state index in [1.807, 2.05) is 45.0 Å². The number of nitrogens with zero attached hydrogens (tertiary/aromatic N) is 1. The van der Waals surface area contributed by atoms with Crippen LogP contribution in [0.4, 0.5) is 0 Å². The second kappa shape index (κ2) is 7.29. The van der Waals surface area contributed by atoms with Gasteiger partial charge in [-0.25, -0.2) is 0 Å². The first-order chi connectivity index (χ1) is 10.5. The fourth-order valence-electron chi connectivity index (χ4n) is 2.71. The van der Waals surface area contributed by atoms with Crippen molar-refractivity contribution in [3.8, 4) is 5.75 Å². The van der Waals surface area contributed by atoms with Crippen LogP contribution >= 0.6 is 0 Å². The van der Waals surface area contributed by atoms with Gasteiger partial charge in [-0.05, 0) is 38.5 Å². The molecule has 5 nitrogen and oxygen atoms in total. The Kier molecular flexibility index (Phi) is 5.41. The number of benzene rings is 1. The van der Waals surface area contributed by atoms with Crippen molar-refractivity contribution in [2.75, 3.05) is 19.7 Å². The molecule has 1 fully saturated rings. The summed E-state index contributed by atoms with van der Waals surface area (Å²) in [5.74, 6) is 0.562. The highest BCUT2D eigenvalue weighted by atomic mass is 16.5. The van der Waals surface area contributed by atoms with E-state index in [1.54, 1.807) is 4.90 Å². The van der Waals surface area contributed by atoms with Crippen molar-refractivity contribution < 1.29 is 14.3 Å². The van der Waals surface area contributed by atoms with Crippen molar-refractivity contribution >= 4 is 11.8 Å². The zero-order chi connectivity index (χ0) is 16.1. The van der Waals surface area contributed by atoms with E-state index >= 15 is 0 Å². The largest absolute Gasteiger partial charge is 0.494 e. The summed E-state index contributed by atoms with van der Waals surface area (Å²) in [5, 5.41) is 3.00. The highest BCUT2D eigenvalue weighted by Gasteiger charge is 2.33. The van der Waals surface area contributed by atoms with Crippen LogP contribution in [0.3, 0.4) is 0 Å². The van der Waals surface area contributed by atoms with Gasteiger partial charge in [0.05, 0.1) is 18.6 Å². The predicted octanol–water partition coefficient (Wildman–Crippen LogP) is 2.13. The van der Waals surface area contributed by atoms with E-state index in [-0.39, 0.29) is 23.8 Å².